The number of nitrogens with one attached hydrogen (secondary N) is 2. The molecule has 7 heteroatoms. The monoisotopic (exact) mass is 400 g/mol. The molecule has 0 saturated heterocycles. The third-order valence-electron chi connectivity index (χ3n) is 5.15. The molecule has 7 nitrogen and oxygen atoms in total. The molecule has 1 amide bonds. The molecule has 0 atom stereocenters. The van der Waals surface area contributed by atoms with Gasteiger partial charge in [-0.05, 0) is 42.7 Å². The molecule has 3 heterocycles. The summed E-state index contributed by atoms with van der Waals surface area (Å²) in [5, 5.41) is 14.7. The Kier molecular flexibility index (Phi) is 5.43. The molecule has 1 aromatic carbocycles. The summed E-state index contributed by atoms with van der Waals surface area (Å²) in [6.07, 6.45) is 6.38. The number of hydrogen-bond acceptors (Lipinski definition) is 4. The molecule has 0 aliphatic carbocycles. The van der Waals surface area contributed by atoms with E-state index in [-0.39, 0.29) is 5.91 Å². The molecule has 0 bridgehead atoms. The standard InChI is InChI=1S/C23H24N6O/c1-4-20-15(2)21(27-26-20)23(30)25-13-16-6-5-7-18(12-16)22-19(14-29(3)28-22)17-8-10-24-11-9-17/h5-12,14H,4,13H2,1-3H3,(H,25,30)(H,26,27). The lowest BCUT2D eigenvalue weighted by Gasteiger charge is -2.07. The number of benzene rings is 1. The largest absolute Gasteiger partial charge is 0.347 e. The van der Waals surface area contributed by atoms with Crippen LogP contribution < -0.4 is 5.32 Å². The van der Waals surface area contributed by atoms with Gasteiger partial charge in [0.15, 0.2) is 5.69 Å². The van der Waals surface area contributed by atoms with Gasteiger partial charge >= 0.3 is 0 Å². The van der Waals surface area contributed by atoms with Gasteiger partial charge in [0.05, 0.1) is 0 Å². The number of aromatic amines is 1. The first-order chi connectivity index (χ1) is 14.6. The number of amides is 1. The summed E-state index contributed by atoms with van der Waals surface area (Å²) < 4.78 is 1.81. The van der Waals surface area contributed by atoms with Crippen LogP contribution >= 0.6 is 0 Å². The highest BCUT2D eigenvalue weighted by atomic mass is 16.1. The second kappa shape index (κ2) is 8.32. The third-order valence-corrected chi connectivity index (χ3v) is 5.15. The van der Waals surface area contributed by atoms with Crippen molar-refractivity contribution < 1.29 is 4.79 Å². The predicted molar refractivity (Wildman–Crippen MR) is 116 cm³/mol. The Morgan fingerprint density at radius 1 is 1.17 bits per heavy atom. The number of hydrogen-bond donors (Lipinski definition) is 2. The van der Waals surface area contributed by atoms with Crippen LogP contribution in [-0.4, -0.2) is 30.9 Å². The first kappa shape index (κ1) is 19.6. The molecule has 4 rings (SSSR count). The van der Waals surface area contributed by atoms with Crippen molar-refractivity contribution in [2.75, 3.05) is 0 Å². The van der Waals surface area contributed by atoms with Gasteiger partial charge in [0, 0.05) is 54.6 Å². The smallest absolute Gasteiger partial charge is 0.272 e. The van der Waals surface area contributed by atoms with E-state index in [0.717, 1.165) is 45.6 Å². The van der Waals surface area contributed by atoms with E-state index in [1.807, 2.05) is 62.1 Å². The van der Waals surface area contributed by atoms with E-state index in [9.17, 15) is 4.79 Å². The fourth-order valence-corrected chi connectivity index (χ4v) is 3.54. The van der Waals surface area contributed by atoms with Crippen LogP contribution in [0.5, 0.6) is 0 Å². The predicted octanol–water partition coefficient (Wildman–Crippen LogP) is 3.67. The molecule has 0 aliphatic rings. The Bertz CT molecular complexity index is 1180. The molecular formula is C23H24N6O. The number of carbonyl (C=O) groups is 1. The van der Waals surface area contributed by atoms with E-state index in [0.29, 0.717) is 12.2 Å². The molecule has 0 saturated carbocycles. The molecule has 0 spiro atoms. The van der Waals surface area contributed by atoms with E-state index in [1.54, 1.807) is 12.4 Å². The van der Waals surface area contributed by atoms with Gasteiger partial charge in [0.25, 0.3) is 5.91 Å². The summed E-state index contributed by atoms with van der Waals surface area (Å²) >= 11 is 0. The molecule has 30 heavy (non-hydrogen) atoms. The Balaban J connectivity index is 1.55. The minimum absolute atomic E-state index is 0.177. The fourth-order valence-electron chi connectivity index (χ4n) is 3.54. The Morgan fingerprint density at radius 2 is 1.97 bits per heavy atom. The summed E-state index contributed by atoms with van der Waals surface area (Å²) in [6.45, 7) is 4.36. The second-order valence-corrected chi connectivity index (χ2v) is 7.21. The van der Waals surface area contributed by atoms with Crippen LogP contribution in [0.2, 0.25) is 0 Å². The minimum Gasteiger partial charge on any atom is -0.347 e. The first-order valence-electron chi connectivity index (χ1n) is 9.92. The van der Waals surface area contributed by atoms with Crippen LogP contribution in [0, 0.1) is 6.92 Å². The van der Waals surface area contributed by atoms with Gasteiger partial charge in [-0.25, -0.2) is 0 Å². The lowest BCUT2D eigenvalue weighted by Crippen LogP contribution is -2.24. The number of rotatable bonds is 6. The van der Waals surface area contributed by atoms with E-state index in [4.69, 9.17) is 0 Å². The quantitative estimate of drug-likeness (QED) is 0.517. The highest BCUT2D eigenvalue weighted by Crippen LogP contribution is 2.30. The number of aryl methyl sites for hydroxylation is 2. The lowest BCUT2D eigenvalue weighted by molar-refractivity contribution is 0.0945. The van der Waals surface area contributed by atoms with Crippen molar-refractivity contribution in [3.8, 4) is 22.4 Å². The van der Waals surface area contributed by atoms with Crippen LogP contribution in [-0.2, 0) is 20.0 Å². The lowest BCUT2D eigenvalue weighted by atomic mass is 10.0. The number of carbonyl (C=O) groups excluding carboxylic acids is 1. The SMILES string of the molecule is CCc1[nH]nc(C(=O)NCc2cccc(-c3nn(C)cc3-c3ccncc3)c2)c1C. The van der Waals surface area contributed by atoms with Crippen LogP contribution in [0.15, 0.2) is 55.0 Å². The molecule has 0 unspecified atom stereocenters. The topological polar surface area (TPSA) is 88.5 Å². The van der Waals surface area contributed by atoms with Gasteiger partial charge in [-0.15, -0.1) is 0 Å². The number of pyridine rings is 1. The molecule has 152 valence electrons. The van der Waals surface area contributed by atoms with Crippen molar-refractivity contribution in [1.82, 2.24) is 30.3 Å². The van der Waals surface area contributed by atoms with Gasteiger partial charge in [-0.2, -0.15) is 10.2 Å². The maximum Gasteiger partial charge on any atom is 0.272 e. The van der Waals surface area contributed by atoms with Crippen molar-refractivity contribution >= 4 is 5.91 Å². The molecule has 2 N–H and O–H groups in total. The highest BCUT2D eigenvalue weighted by Gasteiger charge is 2.16. The Morgan fingerprint density at radius 3 is 2.70 bits per heavy atom. The van der Waals surface area contributed by atoms with E-state index >= 15 is 0 Å². The Labute approximate surface area is 175 Å². The summed E-state index contributed by atoms with van der Waals surface area (Å²) in [5.74, 6) is -0.177. The first-order valence-corrected chi connectivity index (χ1v) is 9.92. The van der Waals surface area contributed by atoms with Crippen molar-refractivity contribution in [3.63, 3.8) is 0 Å². The second-order valence-electron chi connectivity index (χ2n) is 7.21. The Hall–Kier alpha value is -3.74. The van der Waals surface area contributed by atoms with Crippen molar-refractivity contribution in [1.29, 1.82) is 0 Å². The summed E-state index contributed by atoms with van der Waals surface area (Å²) in [7, 11) is 1.91. The van der Waals surface area contributed by atoms with Crippen molar-refractivity contribution in [2.45, 2.75) is 26.8 Å². The van der Waals surface area contributed by atoms with Crippen LogP contribution in [0.4, 0.5) is 0 Å². The number of nitrogens with zero attached hydrogens (tertiary/aromatic N) is 4. The average Bonchev–Trinajstić information content (AvgIpc) is 3.35. The zero-order valence-electron chi connectivity index (χ0n) is 17.3. The molecule has 0 fully saturated rings. The zero-order valence-corrected chi connectivity index (χ0v) is 17.3. The molecular weight excluding hydrogens is 376 g/mol. The molecule has 4 aromatic rings. The van der Waals surface area contributed by atoms with E-state index in [1.165, 1.54) is 0 Å². The molecule has 3 aromatic heterocycles. The van der Waals surface area contributed by atoms with Gasteiger partial charge < -0.3 is 5.32 Å². The van der Waals surface area contributed by atoms with Crippen molar-refractivity contribution in [3.05, 3.63) is 77.5 Å². The zero-order chi connectivity index (χ0) is 21.1. The third kappa shape index (κ3) is 3.87. The van der Waals surface area contributed by atoms with Crippen LogP contribution in [0.3, 0.4) is 0 Å². The van der Waals surface area contributed by atoms with Gasteiger partial charge in [0.1, 0.15) is 5.69 Å². The number of aromatic nitrogens is 5. The van der Waals surface area contributed by atoms with Crippen LogP contribution in [0.1, 0.15) is 34.2 Å². The van der Waals surface area contributed by atoms with Crippen LogP contribution in [0.25, 0.3) is 22.4 Å². The summed E-state index contributed by atoms with van der Waals surface area (Å²) in [5.41, 5.74) is 7.34. The fraction of sp³-hybridized carbons (Fsp3) is 0.217. The number of H-pyrrole nitrogens is 1. The molecule has 0 radical (unpaired) electrons. The van der Waals surface area contributed by atoms with Gasteiger partial charge in [-0.3, -0.25) is 19.6 Å². The van der Waals surface area contributed by atoms with Crippen molar-refractivity contribution in [2.24, 2.45) is 7.05 Å². The highest BCUT2D eigenvalue weighted by molar-refractivity contribution is 5.93. The maximum absolute atomic E-state index is 12.6. The maximum atomic E-state index is 12.6. The van der Waals surface area contributed by atoms with E-state index in [2.05, 4.69) is 31.7 Å². The van der Waals surface area contributed by atoms with E-state index < -0.39 is 0 Å². The summed E-state index contributed by atoms with van der Waals surface area (Å²) in [6, 6.07) is 12.0. The minimum atomic E-state index is -0.177. The molecule has 0 aliphatic heterocycles. The van der Waals surface area contributed by atoms with Gasteiger partial charge in [0.2, 0.25) is 0 Å². The average molecular weight is 400 g/mol. The normalized spacial score (nSPS) is 10.9. The summed E-state index contributed by atoms with van der Waals surface area (Å²) in [4.78, 5) is 16.6. The van der Waals surface area contributed by atoms with Gasteiger partial charge in [-0.1, -0.05) is 25.1 Å².